The maximum atomic E-state index is 12.7. The third-order valence-corrected chi connectivity index (χ3v) is 3.62. The van der Waals surface area contributed by atoms with Crippen molar-refractivity contribution in [3.63, 3.8) is 0 Å². The molecule has 118 valence electrons. The first-order valence-corrected chi connectivity index (χ1v) is 7.20. The summed E-state index contributed by atoms with van der Waals surface area (Å²) in [4.78, 5) is 42.2. The summed E-state index contributed by atoms with van der Waals surface area (Å²) in [6.07, 6.45) is 1.21. The summed E-state index contributed by atoms with van der Waals surface area (Å²) in [7, 11) is 0. The number of esters is 1. The van der Waals surface area contributed by atoms with E-state index in [-0.39, 0.29) is 24.6 Å². The van der Waals surface area contributed by atoms with Gasteiger partial charge in [0.15, 0.2) is 0 Å². The van der Waals surface area contributed by atoms with Crippen molar-refractivity contribution in [2.75, 3.05) is 11.5 Å². The number of amides is 1. The smallest absolute Gasteiger partial charge is 0.345 e. The topological polar surface area (TPSA) is 81.5 Å². The van der Waals surface area contributed by atoms with E-state index in [1.54, 1.807) is 36.1 Å². The van der Waals surface area contributed by atoms with Gasteiger partial charge in [-0.15, -0.1) is 0 Å². The number of rotatable bonds is 2. The number of carbonyl (C=O) groups is 2. The van der Waals surface area contributed by atoms with Crippen LogP contribution in [0.25, 0.3) is 5.69 Å². The second kappa shape index (κ2) is 5.68. The van der Waals surface area contributed by atoms with E-state index in [2.05, 4.69) is 4.98 Å². The normalized spacial score (nSPS) is 12.3. The second-order valence-electron chi connectivity index (χ2n) is 5.04. The number of ether oxygens (including phenoxy) is 1. The highest BCUT2D eigenvalue weighted by Gasteiger charge is 2.28. The van der Waals surface area contributed by atoms with E-state index in [0.29, 0.717) is 17.2 Å². The Labute approximate surface area is 132 Å². The molecule has 0 unspecified atom stereocenters. The predicted molar refractivity (Wildman–Crippen MR) is 82.7 cm³/mol. The predicted octanol–water partition coefficient (Wildman–Crippen LogP) is 1.28. The fraction of sp³-hybridized carbons (Fsp3) is 0.250. The minimum Gasteiger partial charge on any atom is -0.462 e. The van der Waals surface area contributed by atoms with E-state index in [1.807, 2.05) is 0 Å². The number of anilines is 1. The Morgan fingerprint density at radius 2 is 1.96 bits per heavy atom. The molecule has 3 rings (SSSR count). The maximum Gasteiger partial charge on any atom is 0.345 e. The van der Waals surface area contributed by atoms with Crippen molar-refractivity contribution >= 4 is 17.6 Å². The van der Waals surface area contributed by atoms with Crippen LogP contribution in [0.5, 0.6) is 0 Å². The molecular formula is C16H15N3O4. The quantitative estimate of drug-likeness (QED) is 0.780. The third kappa shape index (κ3) is 2.40. The summed E-state index contributed by atoms with van der Waals surface area (Å²) in [5.74, 6) is -0.448. The zero-order valence-electron chi connectivity index (χ0n) is 12.8. The first kappa shape index (κ1) is 15.0. The Kier molecular flexibility index (Phi) is 3.69. The van der Waals surface area contributed by atoms with E-state index < -0.39 is 11.5 Å². The number of nitrogens with zero attached hydrogens (tertiary/aromatic N) is 3. The summed E-state index contributed by atoms with van der Waals surface area (Å²) in [6.45, 7) is 3.47. The number of para-hydroxylation sites is 2. The molecule has 0 spiro atoms. The lowest BCUT2D eigenvalue weighted by Gasteiger charge is -2.30. The molecule has 7 nitrogen and oxygen atoms in total. The highest BCUT2D eigenvalue weighted by Crippen LogP contribution is 2.29. The lowest BCUT2D eigenvalue weighted by atomic mass is 10.1. The van der Waals surface area contributed by atoms with Crippen molar-refractivity contribution in [2.45, 2.75) is 20.4 Å². The number of hydrogen-bond donors (Lipinski definition) is 0. The summed E-state index contributed by atoms with van der Waals surface area (Å²) in [5.41, 5.74) is 0.510. The van der Waals surface area contributed by atoms with Crippen LogP contribution in [0.15, 0.2) is 35.3 Å². The molecule has 0 N–H and O–H groups in total. The standard InChI is InChI=1S/C16H15N3O4/c1-3-23-16(22)11-8-17-14-9-18(10(2)20)12-6-4-5-7-13(12)19(14)15(11)21/h4-8H,3,9H2,1-2H3. The molecule has 0 atom stereocenters. The van der Waals surface area contributed by atoms with Gasteiger partial charge < -0.3 is 9.64 Å². The number of hydrogen-bond acceptors (Lipinski definition) is 5. The van der Waals surface area contributed by atoms with Gasteiger partial charge in [0.2, 0.25) is 5.91 Å². The van der Waals surface area contributed by atoms with Gasteiger partial charge in [0.25, 0.3) is 5.56 Å². The number of aromatic nitrogens is 2. The monoisotopic (exact) mass is 313 g/mol. The lowest BCUT2D eigenvalue weighted by Crippen LogP contribution is -2.39. The van der Waals surface area contributed by atoms with Crippen LogP contribution in [0.1, 0.15) is 30.0 Å². The van der Waals surface area contributed by atoms with Gasteiger partial charge >= 0.3 is 5.97 Å². The highest BCUT2D eigenvalue weighted by molar-refractivity contribution is 5.94. The molecular weight excluding hydrogens is 298 g/mol. The van der Waals surface area contributed by atoms with Crippen molar-refractivity contribution in [2.24, 2.45) is 0 Å². The molecule has 1 amide bonds. The molecule has 0 bridgehead atoms. The van der Waals surface area contributed by atoms with Crippen LogP contribution in [0, 0.1) is 0 Å². The molecule has 0 saturated carbocycles. The fourth-order valence-corrected chi connectivity index (χ4v) is 2.59. The van der Waals surface area contributed by atoms with Gasteiger partial charge in [0.05, 0.1) is 24.5 Å². The third-order valence-electron chi connectivity index (χ3n) is 3.62. The van der Waals surface area contributed by atoms with E-state index in [9.17, 15) is 14.4 Å². The SMILES string of the molecule is CCOC(=O)c1cnc2n(c1=O)-c1ccccc1N(C(C)=O)C2. The average molecular weight is 313 g/mol. The van der Waals surface area contributed by atoms with E-state index in [1.165, 1.54) is 17.7 Å². The van der Waals surface area contributed by atoms with Gasteiger partial charge in [-0.2, -0.15) is 0 Å². The Balaban J connectivity index is 2.22. The molecule has 23 heavy (non-hydrogen) atoms. The molecule has 1 aromatic carbocycles. The number of fused-ring (bicyclic) bond motifs is 3. The molecule has 7 heteroatoms. The molecule has 0 aliphatic carbocycles. The largest absolute Gasteiger partial charge is 0.462 e. The Hall–Kier alpha value is -2.96. The average Bonchev–Trinajstić information content (AvgIpc) is 2.54. The molecule has 0 radical (unpaired) electrons. The van der Waals surface area contributed by atoms with Crippen LogP contribution in [0.2, 0.25) is 0 Å². The molecule has 1 aliphatic heterocycles. The van der Waals surface area contributed by atoms with Crippen molar-refractivity contribution in [3.8, 4) is 5.69 Å². The van der Waals surface area contributed by atoms with Crippen molar-refractivity contribution in [1.82, 2.24) is 9.55 Å². The highest BCUT2D eigenvalue weighted by atomic mass is 16.5. The van der Waals surface area contributed by atoms with Gasteiger partial charge in [-0.1, -0.05) is 12.1 Å². The van der Waals surface area contributed by atoms with Crippen LogP contribution in [0.4, 0.5) is 5.69 Å². The minimum absolute atomic E-state index is 0.123. The Morgan fingerprint density at radius 1 is 1.26 bits per heavy atom. The summed E-state index contributed by atoms with van der Waals surface area (Å²) in [5, 5.41) is 0. The molecule has 1 aromatic heterocycles. The van der Waals surface area contributed by atoms with Crippen LogP contribution in [-0.2, 0) is 16.1 Å². The van der Waals surface area contributed by atoms with Crippen molar-refractivity contribution in [1.29, 1.82) is 0 Å². The molecule has 1 aliphatic rings. The summed E-state index contributed by atoms with van der Waals surface area (Å²) >= 11 is 0. The van der Waals surface area contributed by atoms with Gasteiger partial charge in [0, 0.05) is 13.1 Å². The number of benzene rings is 1. The summed E-state index contributed by atoms with van der Waals surface area (Å²) in [6, 6.07) is 7.01. The van der Waals surface area contributed by atoms with E-state index >= 15 is 0 Å². The van der Waals surface area contributed by atoms with Crippen molar-refractivity contribution < 1.29 is 14.3 Å². The van der Waals surface area contributed by atoms with Crippen molar-refractivity contribution in [3.05, 3.63) is 52.2 Å². The lowest BCUT2D eigenvalue weighted by molar-refractivity contribution is -0.116. The zero-order valence-corrected chi connectivity index (χ0v) is 12.8. The fourth-order valence-electron chi connectivity index (χ4n) is 2.59. The second-order valence-corrected chi connectivity index (χ2v) is 5.04. The van der Waals surface area contributed by atoms with Crippen LogP contribution >= 0.6 is 0 Å². The van der Waals surface area contributed by atoms with Crippen LogP contribution in [-0.4, -0.2) is 28.0 Å². The summed E-state index contributed by atoms with van der Waals surface area (Å²) < 4.78 is 6.25. The van der Waals surface area contributed by atoms with E-state index in [0.717, 1.165) is 0 Å². The molecule has 0 fully saturated rings. The molecule has 2 aromatic rings. The maximum absolute atomic E-state index is 12.7. The Morgan fingerprint density at radius 3 is 2.61 bits per heavy atom. The molecule has 2 heterocycles. The minimum atomic E-state index is -0.702. The number of carbonyl (C=O) groups excluding carboxylic acids is 2. The first-order valence-electron chi connectivity index (χ1n) is 7.20. The zero-order chi connectivity index (χ0) is 16.6. The Bertz CT molecular complexity index is 857. The van der Waals surface area contributed by atoms with Crippen LogP contribution < -0.4 is 10.5 Å². The van der Waals surface area contributed by atoms with Gasteiger partial charge in [-0.05, 0) is 19.1 Å². The first-order chi connectivity index (χ1) is 11.0. The molecule has 0 saturated heterocycles. The van der Waals surface area contributed by atoms with Gasteiger partial charge in [-0.25, -0.2) is 9.78 Å². The van der Waals surface area contributed by atoms with E-state index in [4.69, 9.17) is 4.74 Å². The van der Waals surface area contributed by atoms with Crippen LogP contribution in [0.3, 0.4) is 0 Å². The van der Waals surface area contributed by atoms with Gasteiger partial charge in [0.1, 0.15) is 11.4 Å². The van der Waals surface area contributed by atoms with Gasteiger partial charge in [-0.3, -0.25) is 14.2 Å².